The van der Waals surface area contributed by atoms with E-state index in [0.717, 1.165) is 38.9 Å². The normalized spacial score (nSPS) is 23.9. The van der Waals surface area contributed by atoms with E-state index in [9.17, 15) is 8.42 Å². The molecule has 0 amide bonds. The minimum Gasteiger partial charge on any atom is -0.317 e. The molecule has 20 heavy (non-hydrogen) atoms. The zero-order valence-electron chi connectivity index (χ0n) is 13.4. The average Bonchev–Trinajstić information content (AvgIpc) is 2.41. The van der Waals surface area contributed by atoms with Crippen LogP contribution in [0.25, 0.3) is 0 Å². The smallest absolute Gasteiger partial charge is 0.150 e. The molecule has 0 aromatic carbocycles. The van der Waals surface area contributed by atoms with Gasteiger partial charge in [-0.2, -0.15) is 0 Å². The predicted molar refractivity (Wildman–Crippen MR) is 84.9 cm³/mol. The molecule has 0 aromatic heterocycles. The molecule has 0 radical (unpaired) electrons. The highest BCUT2D eigenvalue weighted by Crippen LogP contribution is 2.14. The first-order chi connectivity index (χ1) is 9.38. The molecule has 2 atom stereocenters. The fourth-order valence-corrected chi connectivity index (χ4v) is 3.65. The van der Waals surface area contributed by atoms with Crippen molar-refractivity contribution in [3.8, 4) is 0 Å². The molecule has 0 spiro atoms. The molecule has 5 nitrogen and oxygen atoms in total. The lowest BCUT2D eigenvalue weighted by Gasteiger charge is -2.39. The van der Waals surface area contributed by atoms with Crippen LogP contribution in [0.15, 0.2) is 0 Å². The highest BCUT2D eigenvalue weighted by Gasteiger charge is 2.24. The van der Waals surface area contributed by atoms with Gasteiger partial charge in [0.15, 0.2) is 0 Å². The van der Waals surface area contributed by atoms with Gasteiger partial charge < -0.3 is 15.1 Å². The maximum Gasteiger partial charge on any atom is 0.150 e. The van der Waals surface area contributed by atoms with Gasteiger partial charge in [-0.15, -0.1) is 0 Å². The summed E-state index contributed by atoms with van der Waals surface area (Å²) in [7, 11) is 3.51. The average molecular weight is 305 g/mol. The van der Waals surface area contributed by atoms with E-state index in [4.69, 9.17) is 0 Å². The van der Waals surface area contributed by atoms with Crippen molar-refractivity contribution in [2.24, 2.45) is 0 Å². The van der Waals surface area contributed by atoms with E-state index < -0.39 is 9.84 Å². The van der Waals surface area contributed by atoms with Gasteiger partial charge in [0.05, 0.1) is 5.75 Å². The van der Waals surface area contributed by atoms with Gasteiger partial charge in [-0.3, -0.25) is 0 Å². The highest BCUT2D eigenvalue weighted by molar-refractivity contribution is 7.91. The Morgan fingerprint density at radius 3 is 2.60 bits per heavy atom. The Balaban J connectivity index is 2.38. The number of nitrogens with one attached hydrogen (secondary N) is 1. The van der Waals surface area contributed by atoms with Crippen molar-refractivity contribution in [1.29, 1.82) is 0 Å². The van der Waals surface area contributed by atoms with Crippen LogP contribution in [-0.2, 0) is 9.84 Å². The maximum atomic E-state index is 11.5. The molecule has 0 aromatic rings. The third-order valence-electron chi connectivity index (χ3n) is 4.39. The zero-order chi connectivity index (χ0) is 15.2. The van der Waals surface area contributed by atoms with Crippen molar-refractivity contribution in [1.82, 2.24) is 15.1 Å². The summed E-state index contributed by atoms with van der Waals surface area (Å²) >= 11 is 0. The van der Waals surface area contributed by atoms with E-state index in [-0.39, 0.29) is 5.75 Å². The molecule has 1 heterocycles. The summed E-state index contributed by atoms with van der Waals surface area (Å²) in [5.41, 5.74) is 0. The van der Waals surface area contributed by atoms with E-state index in [1.165, 1.54) is 0 Å². The fourth-order valence-electron chi connectivity index (χ4n) is 2.76. The summed E-state index contributed by atoms with van der Waals surface area (Å²) in [6.45, 7) is 5.06. The van der Waals surface area contributed by atoms with Crippen molar-refractivity contribution in [3.63, 3.8) is 0 Å². The minimum absolute atomic E-state index is 0.257. The van der Waals surface area contributed by atoms with Gasteiger partial charge in [0.2, 0.25) is 0 Å². The Hall–Kier alpha value is -0.170. The van der Waals surface area contributed by atoms with Crippen molar-refractivity contribution in [2.45, 2.75) is 38.3 Å². The topological polar surface area (TPSA) is 52.7 Å². The zero-order valence-corrected chi connectivity index (χ0v) is 14.2. The highest BCUT2D eigenvalue weighted by atomic mass is 32.2. The van der Waals surface area contributed by atoms with Crippen LogP contribution >= 0.6 is 0 Å². The van der Waals surface area contributed by atoms with Crippen LogP contribution in [-0.4, -0.2) is 82.6 Å². The summed E-state index contributed by atoms with van der Waals surface area (Å²) in [6.07, 6.45) is 2.78. The molecule has 1 rings (SSSR count). The van der Waals surface area contributed by atoms with Crippen LogP contribution < -0.4 is 5.32 Å². The van der Waals surface area contributed by atoms with Gasteiger partial charge in [0.1, 0.15) is 9.84 Å². The van der Waals surface area contributed by atoms with Crippen molar-refractivity contribution < 1.29 is 8.42 Å². The number of hydrogen-bond acceptors (Lipinski definition) is 5. The number of likely N-dealkylation sites (N-methyl/N-ethyl adjacent to an activating group) is 2. The monoisotopic (exact) mass is 305 g/mol. The summed E-state index contributed by atoms with van der Waals surface area (Å²) in [5.74, 6) is 0.579. The number of hydrogen-bond donors (Lipinski definition) is 1. The third kappa shape index (κ3) is 6.08. The summed E-state index contributed by atoms with van der Waals surface area (Å²) in [5, 5.41) is 3.35. The second-order valence-corrected chi connectivity index (χ2v) is 8.47. The molecule has 1 fully saturated rings. The van der Waals surface area contributed by atoms with Crippen LogP contribution in [0.5, 0.6) is 0 Å². The van der Waals surface area contributed by atoms with E-state index in [1.54, 1.807) is 6.92 Å². The van der Waals surface area contributed by atoms with Crippen molar-refractivity contribution in [2.75, 3.05) is 52.3 Å². The standard InChI is InChI=1S/C14H31N3O2S/c1-5-20(18,19)10-6-7-13(15-2)11-14-12-16(3)8-9-17(14)4/h13-15H,5-12H2,1-4H3. The predicted octanol–water partition coefficient (Wildman–Crippen LogP) is 0.425. The first kappa shape index (κ1) is 17.9. The van der Waals surface area contributed by atoms with Crippen LogP contribution in [0.3, 0.4) is 0 Å². The van der Waals surface area contributed by atoms with Gasteiger partial charge in [-0.1, -0.05) is 6.92 Å². The first-order valence-electron chi connectivity index (χ1n) is 7.64. The number of piperazine rings is 1. The molecule has 1 aliphatic heterocycles. The molecular formula is C14H31N3O2S. The maximum absolute atomic E-state index is 11.5. The Morgan fingerprint density at radius 2 is 2.00 bits per heavy atom. The molecule has 1 saturated heterocycles. The van der Waals surface area contributed by atoms with Gasteiger partial charge in [-0.05, 0) is 40.4 Å². The lowest BCUT2D eigenvalue weighted by Crippen LogP contribution is -2.52. The minimum atomic E-state index is -2.82. The first-order valence-corrected chi connectivity index (χ1v) is 9.46. The van der Waals surface area contributed by atoms with Gasteiger partial charge in [0.25, 0.3) is 0 Å². The summed E-state index contributed by atoms with van der Waals surface area (Å²) in [6, 6.07) is 0.968. The van der Waals surface area contributed by atoms with E-state index in [2.05, 4.69) is 29.2 Å². The van der Waals surface area contributed by atoms with Gasteiger partial charge >= 0.3 is 0 Å². The number of sulfone groups is 1. The van der Waals surface area contributed by atoms with Crippen LogP contribution in [0.2, 0.25) is 0 Å². The number of rotatable bonds is 8. The van der Waals surface area contributed by atoms with Crippen LogP contribution in [0, 0.1) is 0 Å². The van der Waals surface area contributed by atoms with Gasteiger partial charge in [0, 0.05) is 37.5 Å². The van der Waals surface area contributed by atoms with Crippen molar-refractivity contribution >= 4 is 9.84 Å². The SMILES string of the molecule is CCS(=O)(=O)CCCC(CC1CN(C)CCN1C)NC. The largest absolute Gasteiger partial charge is 0.317 e. The van der Waals surface area contributed by atoms with Crippen LogP contribution in [0.4, 0.5) is 0 Å². The Kier molecular flexibility index (Phi) is 7.43. The van der Waals surface area contributed by atoms with E-state index in [1.807, 2.05) is 7.05 Å². The quantitative estimate of drug-likeness (QED) is 0.705. The molecule has 0 bridgehead atoms. The molecule has 0 aliphatic carbocycles. The summed E-state index contributed by atoms with van der Waals surface area (Å²) < 4.78 is 23.0. The second kappa shape index (κ2) is 8.32. The third-order valence-corrected chi connectivity index (χ3v) is 6.18. The Bertz CT molecular complexity index is 373. The molecule has 2 unspecified atom stereocenters. The molecule has 1 aliphatic rings. The van der Waals surface area contributed by atoms with E-state index in [0.29, 0.717) is 17.8 Å². The lowest BCUT2D eigenvalue weighted by molar-refractivity contribution is 0.101. The fraction of sp³-hybridized carbons (Fsp3) is 1.00. The van der Waals surface area contributed by atoms with E-state index >= 15 is 0 Å². The number of nitrogens with zero attached hydrogens (tertiary/aromatic N) is 2. The van der Waals surface area contributed by atoms with Crippen LogP contribution in [0.1, 0.15) is 26.2 Å². The Labute approximate surface area is 124 Å². The lowest BCUT2D eigenvalue weighted by atomic mass is 10.00. The Morgan fingerprint density at radius 1 is 1.30 bits per heavy atom. The molecule has 6 heteroatoms. The second-order valence-electron chi connectivity index (χ2n) is 6.00. The van der Waals surface area contributed by atoms with Gasteiger partial charge in [-0.25, -0.2) is 8.42 Å². The summed E-state index contributed by atoms with van der Waals surface area (Å²) in [4.78, 5) is 4.80. The molecule has 120 valence electrons. The van der Waals surface area contributed by atoms with Crippen molar-refractivity contribution in [3.05, 3.63) is 0 Å². The molecule has 0 saturated carbocycles. The molecular weight excluding hydrogens is 274 g/mol. The molecule has 1 N–H and O–H groups in total.